The Morgan fingerprint density at radius 3 is 2.57 bits per heavy atom. The molecule has 0 aliphatic heterocycles. The van der Waals surface area contributed by atoms with Crippen LogP contribution in [0.5, 0.6) is 0 Å². The first-order valence-electron chi connectivity index (χ1n) is 7.88. The van der Waals surface area contributed by atoms with Crippen LogP contribution in [0.25, 0.3) is 0 Å². The van der Waals surface area contributed by atoms with Crippen molar-refractivity contribution in [3.8, 4) is 6.07 Å². The van der Waals surface area contributed by atoms with Crippen LogP contribution in [0.4, 0.5) is 17.5 Å². The van der Waals surface area contributed by atoms with E-state index in [0.717, 1.165) is 17.2 Å². The first-order valence-corrected chi connectivity index (χ1v) is 7.88. The van der Waals surface area contributed by atoms with Gasteiger partial charge in [-0.2, -0.15) is 10.2 Å². The van der Waals surface area contributed by atoms with Crippen LogP contribution in [0.2, 0.25) is 0 Å². The van der Waals surface area contributed by atoms with Crippen molar-refractivity contribution in [3.05, 3.63) is 41.6 Å². The fraction of sp³-hybridized carbons (Fsp3) is 0.389. The Morgan fingerprint density at radius 2 is 1.91 bits per heavy atom. The maximum Gasteiger partial charge on any atom is 0.225 e. The van der Waals surface area contributed by atoms with Gasteiger partial charge in [0.1, 0.15) is 11.9 Å². The van der Waals surface area contributed by atoms with E-state index in [2.05, 4.69) is 47.4 Å². The van der Waals surface area contributed by atoms with Gasteiger partial charge in [-0.3, -0.25) is 0 Å². The maximum atomic E-state index is 9.22. The average Bonchev–Trinajstić information content (AvgIpc) is 3.30. The Hall–Kier alpha value is -2.61. The van der Waals surface area contributed by atoms with Crippen LogP contribution in [0.1, 0.15) is 50.8 Å². The lowest BCUT2D eigenvalue weighted by Crippen LogP contribution is -2.27. The molecule has 1 saturated carbocycles. The van der Waals surface area contributed by atoms with Crippen LogP contribution in [-0.4, -0.2) is 15.5 Å². The molecule has 1 aromatic heterocycles. The summed E-state index contributed by atoms with van der Waals surface area (Å²) in [7, 11) is 0. The molecule has 0 atom stereocenters. The molecule has 1 aliphatic rings. The average molecular weight is 307 g/mol. The van der Waals surface area contributed by atoms with Crippen LogP contribution >= 0.6 is 0 Å². The third kappa shape index (κ3) is 3.98. The predicted molar refractivity (Wildman–Crippen MR) is 91.8 cm³/mol. The van der Waals surface area contributed by atoms with E-state index >= 15 is 0 Å². The highest BCUT2D eigenvalue weighted by Gasteiger charge is 2.26. The fourth-order valence-electron chi connectivity index (χ4n) is 2.34. The summed E-state index contributed by atoms with van der Waals surface area (Å²) in [6, 6.07) is 11.6. The normalized spacial score (nSPS) is 14.2. The molecule has 0 saturated heterocycles. The summed E-state index contributed by atoms with van der Waals surface area (Å²) in [6.45, 7) is 6.24. The number of benzene rings is 1. The van der Waals surface area contributed by atoms with Crippen molar-refractivity contribution in [3.63, 3.8) is 0 Å². The zero-order valence-electron chi connectivity index (χ0n) is 13.7. The van der Waals surface area contributed by atoms with E-state index < -0.39 is 0 Å². The molecule has 0 spiro atoms. The lowest BCUT2D eigenvalue weighted by Gasteiger charge is -2.21. The molecule has 1 fully saturated rings. The van der Waals surface area contributed by atoms with Crippen LogP contribution in [0, 0.1) is 11.3 Å². The van der Waals surface area contributed by atoms with E-state index in [-0.39, 0.29) is 5.54 Å². The van der Waals surface area contributed by atoms with Crippen molar-refractivity contribution in [2.75, 3.05) is 10.6 Å². The van der Waals surface area contributed by atoms with Crippen molar-refractivity contribution in [1.29, 1.82) is 5.26 Å². The predicted octanol–water partition coefficient (Wildman–Crippen LogP) is 4.18. The second-order valence-corrected chi connectivity index (χ2v) is 6.93. The molecule has 0 radical (unpaired) electrons. The number of anilines is 3. The van der Waals surface area contributed by atoms with Crippen LogP contribution in [-0.2, 0) is 0 Å². The van der Waals surface area contributed by atoms with Gasteiger partial charge in [0.2, 0.25) is 5.95 Å². The van der Waals surface area contributed by atoms with Gasteiger partial charge in [0.25, 0.3) is 0 Å². The number of para-hydroxylation sites is 1. The molecule has 3 rings (SSSR count). The van der Waals surface area contributed by atoms with E-state index in [1.807, 2.05) is 24.3 Å². The number of hydrogen-bond donors (Lipinski definition) is 2. The monoisotopic (exact) mass is 307 g/mol. The first kappa shape index (κ1) is 15.3. The largest absolute Gasteiger partial charge is 0.350 e. The van der Waals surface area contributed by atoms with Crippen molar-refractivity contribution < 1.29 is 0 Å². The smallest absolute Gasteiger partial charge is 0.225 e. The molecule has 0 bridgehead atoms. The van der Waals surface area contributed by atoms with Gasteiger partial charge in [0, 0.05) is 17.5 Å². The molecule has 23 heavy (non-hydrogen) atoms. The molecule has 0 amide bonds. The highest BCUT2D eigenvalue weighted by molar-refractivity contribution is 5.65. The lowest BCUT2D eigenvalue weighted by molar-refractivity contribution is 0.625. The summed E-state index contributed by atoms with van der Waals surface area (Å²) < 4.78 is 0. The van der Waals surface area contributed by atoms with Gasteiger partial charge in [0.15, 0.2) is 0 Å². The summed E-state index contributed by atoms with van der Waals surface area (Å²) in [5, 5.41) is 15.8. The third-order valence-electron chi connectivity index (χ3n) is 3.54. The van der Waals surface area contributed by atoms with Gasteiger partial charge < -0.3 is 10.6 Å². The Bertz CT molecular complexity index is 751. The number of hydrogen-bond acceptors (Lipinski definition) is 5. The molecule has 5 heteroatoms. The highest BCUT2D eigenvalue weighted by atomic mass is 15.2. The zero-order chi connectivity index (χ0) is 16.4. The van der Waals surface area contributed by atoms with Gasteiger partial charge in [-0.15, -0.1) is 0 Å². The van der Waals surface area contributed by atoms with Crippen LogP contribution in [0.3, 0.4) is 0 Å². The highest BCUT2D eigenvalue weighted by Crippen LogP contribution is 2.40. The topological polar surface area (TPSA) is 73.6 Å². The Morgan fingerprint density at radius 1 is 1.17 bits per heavy atom. The molecule has 2 N–H and O–H groups in total. The molecule has 118 valence electrons. The number of aromatic nitrogens is 2. The van der Waals surface area contributed by atoms with Gasteiger partial charge in [-0.25, -0.2) is 4.98 Å². The van der Waals surface area contributed by atoms with Gasteiger partial charge in [-0.05, 0) is 45.7 Å². The van der Waals surface area contributed by atoms with Crippen molar-refractivity contribution >= 4 is 17.5 Å². The van der Waals surface area contributed by atoms with Gasteiger partial charge >= 0.3 is 0 Å². The summed E-state index contributed by atoms with van der Waals surface area (Å²) in [5.41, 5.74) is 2.31. The van der Waals surface area contributed by atoms with E-state index in [9.17, 15) is 5.26 Å². The fourth-order valence-corrected chi connectivity index (χ4v) is 2.34. The molecule has 1 heterocycles. The minimum atomic E-state index is -0.107. The molecule has 1 aromatic carbocycles. The summed E-state index contributed by atoms with van der Waals surface area (Å²) in [5.74, 6) is 1.88. The molecule has 0 unspecified atom stereocenters. The number of nitrogens with zero attached hydrogens (tertiary/aromatic N) is 3. The van der Waals surface area contributed by atoms with Crippen molar-refractivity contribution in [1.82, 2.24) is 9.97 Å². The third-order valence-corrected chi connectivity index (χ3v) is 3.54. The van der Waals surface area contributed by atoms with E-state index in [0.29, 0.717) is 17.4 Å². The molecular weight excluding hydrogens is 286 g/mol. The molecule has 5 nitrogen and oxygen atoms in total. The lowest BCUT2D eigenvalue weighted by atomic mass is 10.1. The molecule has 2 aromatic rings. The zero-order valence-corrected chi connectivity index (χ0v) is 13.7. The minimum absolute atomic E-state index is 0.107. The van der Waals surface area contributed by atoms with Crippen molar-refractivity contribution in [2.24, 2.45) is 0 Å². The Balaban J connectivity index is 1.93. The maximum absolute atomic E-state index is 9.22. The van der Waals surface area contributed by atoms with E-state index in [1.54, 1.807) is 6.07 Å². The second kappa shape index (κ2) is 5.88. The van der Waals surface area contributed by atoms with Gasteiger partial charge in [-0.1, -0.05) is 12.1 Å². The quantitative estimate of drug-likeness (QED) is 0.886. The molecular formula is C18H21N5. The van der Waals surface area contributed by atoms with Crippen molar-refractivity contribution in [2.45, 2.75) is 45.1 Å². The summed E-state index contributed by atoms with van der Waals surface area (Å²) in [6.07, 6.45) is 2.36. The summed E-state index contributed by atoms with van der Waals surface area (Å²) in [4.78, 5) is 9.19. The minimum Gasteiger partial charge on any atom is -0.350 e. The standard InChI is InChI=1S/C18H21N5/c1-18(2,3)23-17-21-15(12-8-9-12)10-16(22-17)20-14-7-5-4-6-13(14)11-19/h4-7,10,12H,8-9H2,1-3H3,(H2,20,21,22,23). The number of nitrogens with one attached hydrogen (secondary N) is 2. The SMILES string of the molecule is CC(C)(C)Nc1nc(Nc2ccccc2C#N)cc(C2CC2)n1. The summed E-state index contributed by atoms with van der Waals surface area (Å²) >= 11 is 0. The Kier molecular flexibility index (Phi) is 3.91. The van der Waals surface area contributed by atoms with Gasteiger partial charge in [0.05, 0.1) is 16.9 Å². The number of nitriles is 1. The number of rotatable bonds is 4. The van der Waals surface area contributed by atoms with E-state index in [1.165, 1.54) is 12.8 Å². The van der Waals surface area contributed by atoms with E-state index in [4.69, 9.17) is 0 Å². The Labute approximate surface area is 136 Å². The molecule has 1 aliphatic carbocycles. The van der Waals surface area contributed by atoms with Crippen LogP contribution in [0.15, 0.2) is 30.3 Å². The second-order valence-electron chi connectivity index (χ2n) is 6.93. The van der Waals surface area contributed by atoms with Crippen LogP contribution < -0.4 is 10.6 Å². The first-order chi connectivity index (χ1) is 10.9.